The Morgan fingerprint density at radius 3 is 2.50 bits per heavy atom. The van der Waals surface area contributed by atoms with Crippen LogP contribution in [0.4, 0.5) is 0 Å². The first-order valence-electron chi connectivity index (χ1n) is 4.01. The van der Waals surface area contributed by atoms with Gasteiger partial charge in [0.05, 0.1) is 6.10 Å². The Morgan fingerprint density at radius 1 is 1.40 bits per heavy atom. The summed E-state index contributed by atoms with van der Waals surface area (Å²) in [6, 6.07) is 0. The zero-order valence-corrected chi connectivity index (χ0v) is 7.62. The van der Waals surface area contributed by atoms with Crippen LogP contribution in [-0.2, 0) is 4.74 Å². The highest BCUT2D eigenvalue weighted by Crippen LogP contribution is 2.24. The summed E-state index contributed by atoms with van der Waals surface area (Å²) < 4.78 is 5.72. The molecule has 0 N–H and O–H groups in total. The Bertz CT molecular complexity index is 89.3. The van der Waals surface area contributed by atoms with Crippen molar-refractivity contribution >= 4 is 11.8 Å². The summed E-state index contributed by atoms with van der Waals surface area (Å²) in [5, 5.41) is 0. The van der Waals surface area contributed by atoms with Crippen molar-refractivity contribution in [2.24, 2.45) is 0 Å². The van der Waals surface area contributed by atoms with Crippen molar-refractivity contribution in [2.45, 2.75) is 44.1 Å². The van der Waals surface area contributed by atoms with Crippen LogP contribution < -0.4 is 0 Å². The Kier molecular flexibility index (Phi) is 3.57. The second-order valence-corrected chi connectivity index (χ2v) is 3.98. The average molecular weight is 160 g/mol. The molecule has 1 aliphatic rings. The lowest BCUT2D eigenvalue weighted by Crippen LogP contribution is -2.13. The van der Waals surface area contributed by atoms with Gasteiger partial charge in [-0.3, -0.25) is 0 Å². The molecule has 1 atom stereocenters. The van der Waals surface area contributed by atoms with E-state index in [2.05, 4.69) is 13.2 Å². The van der Waals surface area contributed by atoms with E-state index in [1.54, 1.807) is 11.8 Å². The zero-order chi connectivity index (χ0) is 7.40. The lowest BCUT2D eigenvalue weighted by atomic mass is 10.3. The lowest BCUT2D eigenvalue weighted by molar-refractivity contribution is 0.0492. The third-order valence-corrected chi connectivity index (χ3v) is 2.79. The van der Waals surface area contributed by atoms with E-state index in [9.17, 15) is 0 Å². The van der Waals surface area contributed by atoms with Gasteiger partial charge in [0, 0.05) is 0 Å². The van der Waals surface area contributed by atoms with Crippen molar-refractivity contribution in [3.8, 4) is 0 Å². The van der Waals surface area contributed by atoms with Gasteiger partial charge in [0.15, 0.2) is 0 Å². The molecule has 1 fully saturated rings. The molecule has 1 saturated carbocycles. The zero-order valence-electron chi connectivity index (χ0n) is 6.80. The number of ether oxygens (including phenoxy) is 1. The number of thioether (sulfide) groups is 1. The molecular formula is C8H16OS. The molecule has 1 unspecified atom stereocenters. The fourth-order valence-electron chi connectivity index (χ4n) is 1.35. The standard InChI is InChI=1S/C8H16OS/c1-7(10-2)9-8-5-3-4-6-8/h7-8H,3-6H2,1-2H3. The molecule has 2 heteroatoms. The average Bonchev–Trinajstić information content (AvgIpc) is 2.40. The maximum absolute atomic E-state index is 5.72. The Hall–Kier alpha value is 0.310. The highest BCUT2D eigenvalue weighted by molar-refractivity contribution is 7.99. The summed E-state index contributed by atoms with van der Waals surface area (Å²) >= 11 is 1.79. The van der Waals surface area contributed by atoms with E-state index in [1.165, 1.54) is 25.7 Å². The predicted molar refractivity (Wildman–Crippen MR) is 46.3 cm³/mol. The molecule has 0 aromatic carbocycles. The van der Waals surface area contributed by atoms with E-state index in [-0.39, 0.29) is 0 Å². The van der Waals surface area contributed by atoms with Gasteiger partial charge in [-0.05, 0) is 26.0 Å². The molecule has 1 rings (SSSR count). The van der Waals surface area contributed by atoms with Gasteiger partial charge in [-0.2, -0.15) is 0 Å². The van der Waals surface area contributed by atoms with Gasteiger partial charge in [0.1, 0.15) is 5.44 Å². The summed E-state index contributed by atoms with van der Waals surface area (Å²) in [6.45, 7) is 2.13. The highest BCUT2D eigenvalue weighted by atomic mass is 32.2. The summed E-state index contributed by atoms with van der Waals surface area (Å²) in [6.07, 6.45) is 7.97. The normalized spacial score (nSPS) is 23.4. The predicted octanol–water partition coefficient (Wildman–Crippen LogP) is 2.65. The van der Waals surface area contributed by atoms with Crippen LogP contribution in [0.5, 0.6) is 0 Å². The molecule has 0 radical (unpaired) electrons. The van der Waals surface area contributed by atoms with Crippen molar-refractivity contribution in [3.05, 3.63) is 0 Å². The van der Waals surface area contributed by atoms with Crippen LogP contribution in [0.15, 0.2) is 0 Å². The van der Waals surface area contributed by atoms with Gasteiger partial charge >= 0.3 is 0 Å². The molecule has 1 nitrogen and oxygen atoms in total. The molecule has 0 bridgehead atoms. The van der Waals surface area contributed by atoms with E-state index in [0.717, 1.165) is 0 Å². The molecule has 0 saturated heterocycles. The van der Waals surface area contributed by atoms with Crippen molar-refractivity contribution in [1.29, 1.82) is 0 Å². The second-order valence-electron chi connectivity index (χ2n) is 2.85. The minimum Gasteiger partial charge on any atom is -0.365 e. The van der Waals surface area contributed by atoms with E-state index >= 15 is 0 Å². The summed E-state index contributed by atoms with van der Waals surface area (Å²) in [7, 11) is 0. The summed E-state index contributed by atoms with van der Waals surface area (Å²) in [5.41, 5.74) is 0.392. The van der Waals surface area contributed by atoms with Crippen LogP contribution in [0, 0.1) is 0 Å². The highest BCUT2D eigenvalue weighted by Gasteiger charge is 2.17. The fraction of sp³-hybridized carbons (Fsp3) is 1.00. The van der Waals surface area contributed by atoms with Crippen molar-refractivity contribution in [3.63, 3.8) is 0 Å². The molecule has 0 aromatic rings. The number of rotatable bonds is 3. The molecular weight excluding hydrogens is 144 g/mol. The Morgan fingerprint density at radius 2 is 2.00 bits per heavy atom. The largest absolute Gasteiger partial charge is 0.365 e. The van der Waals surface area contributed by atoms with Crippen LogP contribution in [0.1, 0.15) is 32.6 Å². The Labute approximate surface area is 67.5 Å². The van der Waals surface area contributed by atoms with Gasteiger partial charge in [-0.15, -0.1) is 11.8 Å². The number of hydrogen-bond donors (Lipinski definition) is 0. The minimum absolute atomic E-state index is 0.392. The van der Waals surface area contributed by atoms with Crippen LogP contribution in [-0.4, -0.2) is 17.8 Å². The van der Waals surface area contributed by atoms with Crippen LogP contribution in [0.2, 0.25) is 0 Å². The topological polar surface area (TPSA) is 9.23 Å². The Balaban J connectivity index is 2.11. The van der Waals surface area contributed by atoms with Crippen molar-refractivity contribution in [2.75, 3.05) is 6.26 Å². The van der Waals surface area contributed by atoms with Gasteiger partial charge in [0.25, 0.3) is 0 Å². The SMILES string of the molecule is CSC(C)OC1CCCC1. The van der Waals surface area contributed by atoms with Gasteiger partial charge in [-0.1, -0.05) is 12.8 Å². The minimum atomic E-state index is 0.392. The lowest BCUT2D eigenvalue weighted by Gasteiger charge is -2.15. The van der Waals surface area contributed by atoms with Crippen LogP contribution in [0.3, 0.4) is 0 Å². The van der Waals surface area contributed by atoms with E-state index in [1.807, 2.05) is 0 Å². The van der Waals surface area contributed by atoms with Crippen LogP contribution in [0.25, 0.3) is 0 Å². The summed E-state index contributed by atoms with van der Waals surface area (Å²) in [5.74, 6) is 0. The first-order valence-corrected chi connectivity index (χ1v) is 5.30. The van der Waals surface area contributed by atoms with Crippen molar-refractivity contribution in [1.82, 2.24) is 0 Å². The third-order valence-electron chi connectivity index (χ3n) is 2.02. The van der Waals surface area contributed by atoms with Gasteiger partial charge < -0.3 is 4.74 Å². The van der Waals surface area contributed by atoms with Gasteiger partial charge in [-0.25, -0.2) is 0 Å². The molecule has 1 aliphatic carbocycles. The fourth-order valence-corrected chi connectivity index (χ4v) is 1.62. The number of hydrogen-bond acceptors (Lipinski definition) is 2. The van der Waals surface area contributed by atoms with Gasteiger partial charge in [0.2, 0.25) is 0 Å². The summed E-state index contributed by atoms with van der Waals surface area (Å²) in [4.78, 5) is 0. The molecule has 10 heavy (non-hydrogen) atoms. The maximum atomic E-state index is 5.72. The molecule has 0 amide bonds. The quantitative estimate of drug-likeness (QED) is 0.587. The molecule has 0 spiro atoms. The maximum Gasteiger partial charge on any atom is 0.100 e. The molecule has 0 aromatic heterocycles. The smallest absolute Gasteiger partial charge is 0.100 e. The van der Waals surface area contributed by atoms with Crippen molar-refractivity contribution < 1.29 is 4.74 Å². The third kappa shape index (κ3) is 2.51. The van der Waals surface area contributed by atoms with Crippen LogP contribution >= 0.6 is 11.8 Å². The van der Waals surface area contributed by atoms with E-state index in [0.29, 0.717) is 11.5 Å². The monoisotopic (exact) mass is 160 g/mol. The van der Waals surface area contributed by atoms with E-state index in [4.69, 9.17) is 4.74 Å². The first kappa shape index (κ1) is 8.41. The molecule has 60 valence electrons. The van der Waals surface area contributed by atoms with E-state index < -0.39 is 0 Å². The molecule has 0 heterocycles. The molecule has 0 aliphatic heterocycles. The first-order chi connectivity index (χ1) is 4.83. The second kappa shape index (κ2) is 4.24.